The lowest BCUT2D eigenvalue weighted by Gasteiger charge is -2.32. The third kappa shape index (κ3) is 3.82. The van der Waals surface area contributed by atoms with Gasteiger partial charge < -0.3 is 14.6 Å². The molecule has 1 heterocycles. The van der Waals surface area contributed by atoms with Gasteiger partial charge in [0.2, 0.25) is 0 Å². The summed E-state index contributed by atoms with van der Waals surface area (Å²) in [5, 5.41) is 3.05. The summed E-state index contributed by atoms with van der Waals surface area (Å²) in [4.78, 5) is 0. The lowest BCUT2D eigenvalue weighted by atomic mass is 9.76. The molecule has 1 aliphatic rings. The molecule has 0 bridgehead atoms. The smallest absolute Gasteiger partial charge is 0.400 e. The number of alkyl halides is 2. The van der Waals surface area contributed by atoms with Crippen LogP contribution in [-0.4, -0.2) is 31.9 Å². The normalized spacial score (nSPS) is 20.3. The second-order valence-corrected chi connectivity index (χ2v) is 6.77. The van der Waals surface area contributed by atoms with Crippen LogP contribution in [0.25, 0.3) is 6.08 Å². The average Bonchev–Trinajstić information content (AvgIpc) is 2.67. The fourth-order valence-corrected chi connectivity index (χ4v) is 2.44. The van der Waals surface area contributed by atoms with Crippen LogP contribution in [0.3, 0.4) is 0 Å². The van der Waals surface area contributed by atoms with E-state index in [2.05, 4.69) is 5.32 Å². The summed E-state index contributed by atoms with van der Waals surface area (Å²) in [7, 11) is 1.25. The summed E-state index contributed by atoms with van der Waals surface area (Å²) < 4.78 is 38.4. The van der Waals surface area contributed by atoms with Gasteiger partial charge in [-0.3, -0.25) is 0 Å². The molecule has 2 rings (SSSR count). The molecule has 1 saturated heterocycles. The SMILES string of the molecule is CNCC(=Cc1ccccc1C(F)F)B1OC(C)(C)C(C)(C)O1. The number of halogens is 2. The van der Waals surface area contributed by atoms with Gasteiger partial charge in [-0.2, -0.15) is 0 Å². The first kappa shape index (κ1) is 18.1. The standard InChI is InChI=1S/C17H24BF2NO2/c1-16(2)17(3,4)23-18(22-16)13(11-21-5)10-12-8-6-7-9-14(12)15(19)20/h6-10,15,21H,11H2,1-5H3. The Hall–Kier alpha value is -1.24. The number of likely N-dealkylation sites (N-methyl/N-ethyl adjacent to an activating group) is 1. The lowest BCUT2D eigenvalue weighted by Crippen LogP contribution is -2.41. The summed E-state index contributed by atoms with van der Waals surface area (Å²) in [6.07, 6.45) is -0.781. The number of hydrogen-bond acceptors (Lipinski definition) is 3. The highest BCUT2D eigenvalue weighted by atomic mass is 19.3. The number of rotatable bonds is 5. The van der Waals surface area contributed by atoms with Gasteiger partial charge in [-0.1, -0.05) is 30.3 Å². The molecule has 0 amide bonds. The van der Waals surface area contributed by atoms with Crippen molar-refractivity contribution < 1.29 is 18.1 Å². The second-order valence-electron chi connectivity index (χ2n) is 6.77. The first-order chi connectivity index (χ1) is 10.7. The van der Waals surface area contributed by atoms with E-state index in [1.807, 2.05) is 27.7 Å². The van der Waals surface area contributed by atoms with E-state index >= 15 is 0 Å². The summed E-state index contributed by atoms with van der Waals surface area (Å²) in [6, 6.07) is 6.49. The zero-order valence-corrected chi connectivity index (χ0v) is 14.3. The summed E-state index contributed by atoms with van der Waals surface area (Å²) >= 11 is 0. The van der Waals surface area contributed by atoms with Crippen molar-refractivity contribution in [2.24, 2.45) is 0 Å². The van der Waals surface area contributed by atoms with Crippen molar-refractivity contribution in [2.45, 2.75) is 45.3 Å². The number of hydrogen-bond donors (Lipinski definition) is 1. The van der Waals surface area contributed by atoms with E-state index in [1.165, 1.54) is 6.07 Å². The minimum Gasteiger partial charge on any atom is -0.400 e. The molecule has 0 radical (unpaired) electrons. The van der Waals surface area contributed by atoms with E-state index in [-0.39, 0.29) is 5.56 Å². The van der Waals surface area contributed by atoms with Gasteiger partial charge in [-0.25, -0.2) is 8.78 Å². The maximum Gasteiger partial charge on any atom is 0.491 e. The monoisotopic (exact) mass is 323 g/mol. The fraction of sp³-hybridized carbons (Fsp3) is 0.529. The Morgan fingerprint density at radius 3 is 2.26 bits per heavy atom. The molecule has 1 fully saturated rings. The number of benzene rings is 1. The molecule has 1 aliphatic heterocycles. The molecule has 0 spiro atoms. The van der Waals surface area contributed by atoms with E-state index in [9.17, 15) is 8.78 Å². The van der Waals surface area contributed by atoms with E-state index in [4.69, 9.17) is 9.31 Å². The fourth-order valence-electron chi connectivity index (χ4n) is 2.44. The highest BCUT2D eigenvalue weighted by Gasteiger charge is 2.52. The summed E-state index contributed by atoms with van der Waals surface area (Å²) in [6.45, 7) is 8.37. The Bertz CT molecular complexity index is 572. The highest BCUT2D eigenvalue weighted by molar-refractivity contribution is 6.55. The van der Waals surface area contributed by atoms with Crippen LogP contribution < -0.4 is 5.32 Å². The highest BCUT2D eigenvalue weighted by Crippen LogP contribution is 2.39. The average molecular weight is 323 g/mol. The molecule has 0 saturated carbocycles. The van der Waals surface area contributed by atoms with Gasteiger partial charge >= 0.3 is 7.12 Å². The molecular formula is C17H24BF2NO2. The topological polar surface area (TPSA) is 30.5 Å². The van der Waals surface area contributed by atoms with Crippen molar-refractivity contribution in [2.75, 3.05) is 13.6 Å². The molecule has 1 N–H and O–H groups in total. The molecule has 3 nitrogen and oxygen atoms in total. The largest absolute Gasteiger partial charge is 0.491 e. The van der Waals surface area contributed by atoms with E-state index in [1.54, 1.807) is 31.3 Å². The number of nitrogens with one attached hydrogen (secondary N) is 1. The molecule has 23 heavy (non-hydrogen) atoms. The van der Waals surface area contributed by atoms with Gasteiger partial charge in [0.05, 0.1) is 11.2 Å². The molecule has 0 atom stereocenters. The van der Waals surface area contributed by atoms with Gasteiger partial charge in [-0.05, 0) is 45.8 Å². The van der Waals surface area contributed by atoms with Crippen LogP contribution in [0, 0.1) is 0 Å². The van der Waals surface area contributed by atoms with Crippen molar-refractivity contribution in [3.8, 4) is 0 Å². The van der Waals surface area contributed by atoms with E-state index in [0.717, 1.165) is 5.47 Å². The van der Waals surface area contributed by atoms with Crippen molar-refractivity contribution in [3.05, 3.63) is 40.9 Å². The minimum absolute atomic E-state index is 0.0117. The van der Waals surface area contributed by atoms with Crippen molar-refractivity contribution in [1.29, 1.82) is 0 Å². The predicted molar refractivity (Wildman–Crippen MR) is 89.4 cm³/mol. The molecule has 0 aliphatic carbocycles. The third-order valence-electron chi connectivity index (χ3n) is 4.51. The van der Waals surface area contributed by atoms with E-state index < -0.39 is 24.7 Å². The van der Waals surface area contributed by atoms with Crippen molar-refractivity contribution in [1.82, 2.24) is 5.32 Å². The maximum atomic E-state index is 13.2. The quantitative estimate of drug-likeness (QED) is 0.835. The van der Waals surface area contributed by atoms with Crippen LogP contribution in [0.15, 0.2) is 29.7 Å². The zero-order chi connectivity index (χ0) is 17.3. The molecule has 1 aromatic rings. The Labute approximate surface area is 137 Å². The van der Waals surface area contributed by atoms with Crippen molar-refractivity contribution in [3.63, 3.8) is 0 Å². The van der Waals surface area contributed by atoms with E-state index in [0.29, 0.717) is 12.1 Å². The summed E-state index contributed by atoms with van der Waals surface area (Å²) in [5.41, 5.74) is 0.360. The van der Waals surface area contributed by atoms with Crippen LogP contribution in [-0.2, 0) is 9.31 Å². The Morgan fingerprint density at radius 1 is 1.17 bits per heavy atom. The first-order valence-corrected chi connectivity index (χ1v) is 7.76. The van der Waals surface area contributed by atoms with Crippen LogP contribution in [0.2, 0.25) is 0 Å². The van der Waals surface area contributed by atoms with Crippen LogP contribution in [0.4, 0.5) is 8.78 Å². The van der Waals surface area contributed by atoms with Crippen LogP contribution >= 0.6 is 0 Å². The second kappa shape index (κ2) is 6.71. The van der Waals surface area contributed by atoms with Gasteiger partial charge in [0.1, 0.15) is 0 Å². The van der Waals surface area contributed by atoms with Crippen LogP contribution in [0.1, 0.15) is 45.2 Å². The molecule has 1 aromatic carbocycles. The summed E-state index contributed by atoms with van der Waals surface area (Å²) in [5.74, 6) is 0. The van der Waals surface area contributed by atoms with Crippen LogP contribution in [0.5, 0.6) is 0 Å². The Kier molecular flexibility index (Phi) is 5.28. The van der Waals surface area contributed by atoms with Crippen molar-refractivity contribution >= 4 is 13.2 Å². The minimum atomic E-state index is -2.52. The zero-order valence-electron chi connectivity index (χ0n) is 14.3. The molecular weight excluding hydrogens is 299 g/mol. The van der Waals surface area contributed by atoms with Gasteiger partial charge in [-0.15, -0.1) is 0 Å². The Balaban J connectivity index is 2.37. The predicted octanol–water partition coefficient (Wildman–Crippen LogP) is 3.86. The molecule has 0 unspecified atom stereocenters. The lowest BCUT2D eigenvalue weighted by molar-refractivity contribution is 0.00578. The Morgan fingerprint density at radius 2 is 1.74 bits per heavy atom. The van der Waals surface area contributed by atoms with Gasteiger partial charge in [0.25, 0.3) is 6.43 Å². The molecule has 0 aromatic heterocycles. The first-order valence-electron chi connectivity index (χ1n) is 7.76. The van der Waals surface area contributed by atoms with Gasteiger partial charge in [0, 0.05) is 12.1 Å². The maximum absolute atomic E-state index is 13.2. The molecule has 126 valence electrons. The van der Waals surface area contributed by atoms with Gasteiger partial charge in [0.15, 0.2) is 0 Å². The third-order valence-corrected chi connectivity index (χ3v) is 4.51. The molecule has 6 heteroatoms.